The quantitative estimate of drug-likeness (QED) is 0.0547. The summed E-state index contributed by atoms with van der Waals surface area (Å²) in [6.45, 7) is 16.3. The van der Waals surface area contributed by atoms with Gasteiger partial charge in [0.2, 0.25) is 11.8 Å². The number of aromatic hydroxyl groups is 1. The Morgan fingerprint density at radius 2 is 1.69 bits per heavy atom. The fourth-order valence-corrected chi connectivity index (χ4v) is 8.02. The summed E-state index contributed by atoms with van der Waals surface area (Å²) in [4.78, 5) is 63.2. The number of rotatable bonds is 23. The number of phenols is 1. The first-order chi connectivity index (χ1) is 27.4. The van der Waals surface area contributed by atoms with Gasteiger partial charge in [-0.2, -0.15) is 0 Å². The van der Waals surface area contributed by atoms with Crippen molar-refractivity contribution in [2.24, 2.45) is 23.7 Å². The molecule has 2 aromatic rings. The number of thiazole rings is 1. The van der Waals surface area contributed by atoms with Crippen LogP contribution in [0.5, 0.6) is 5.75 Å². The second kappa shape index (κ2) is 23.8. The van der Waals surface area contributed by atoms with Crippen molar-refractivity contribution in [3.63, 3.8) is 0 Å². The fourth-order valence-electron chi connectivity index (χ4n) is 7.18. The fraction of sp³-hybridized carbons (Fsp3) is 0.698. The number of nitrogens with zero attached hydrogens (tertiary/aromatic N) is 3. The number of aliphatic hydroxyl groups is 2. The maximum Gasteiger partial charge on any atom is 0.303 e. The summed E-state index contributed by atoms with van der Waals surface area (Å²) in [5.74, 6) is -1.84. The number of aromatic nitrogens is 1. The molecule has 14 nitrogen and oxygen atoms in total. The van der Waals surface area contributed by atoms with E-state index in [4.69, 9.17) is 9.47 Å². The highest BCUT2D eigenvalue weighted by Crippen LogP contribution is 2.32. The van der Waals surface area contributed by atoms with Gasteiger partial charge in [-0.25, -0.2) is 4.98 Å². The van der Waals surface area contributed by atoms with Crippen LogP contribution in [0.3, 0.4) is 0 Å². The highest BCUT2D eigenvalue weighted by molar-refractivity contribution is 7.09. The summed E-state index contributed by atoms with van der Waals surface area (Å²) >= 11 is 1.16. The number of carbonyl (C=O) groups is 4. The highest BCUT2D eigenvalue weighted by Gasteiger charge is 2.39. The lowest BCUT2D eigenvalue weighted by Gasteiger charge is -2.40. The van der Waals surface area contributed by atoms with Gasteiger partial charge in [-0.05, 0) is 81.1 Å². The lowest BCUT2D eigenvalue weighted by molar-refractivity contribution is -0.153. The SMILES string of the molecule is CCC(C)[C@H](NC(=O)[C@H]1CCCCN1C)C(=O)N(COCCC(C)C)[C@H](C[C@@H](OC(C)=O)c1nc(C(=O)N[C@@H](Cc2ccc(O)cc2)C[C@H](C)C(O)O)cs1)C(C)C. The van der Waals surface area contributed by atoms with E-state index in [1.54, 1.807) is 41.5 Å². The van der Waals surface area contributed by atoms with Gasteiger partial charge in [0, 0.05) is 43.3 Å². The number of hydrogen-bond acceptors (Lipinski definition) is 12. The van der Waals surface area contributed by atoms with E-state index in [-0.39, 0.29) is 60.7 Å². The zero-order chi connectivity index (χ0) is 43.1. The predicted molar refractivity (Wildman–Crippen MR) is 224 cm³/mol. The second-order valence-corrected chi connectivity index (χ2v) is 17.7. The van der Waals surface area contributed by atoms with Crippen LogP contribution >= 0.6 is 11.3 Å². The Bertz CT molecular complexity index is 1590. The van der Waals surface area contributed by atoms with Gasteiger partial charge in [0.25, 0.3) is 5.91 Å². The molecule has 326 valence electrons. The Kier molecular flexibility index (Phi) is 20.0. The third-order valence-electron chi connectivity index (χ3n) is 11.1. The first-order valence-corrected chi connectivity index (χ1v) is 21.8. The summed E-state index contributed by atoms with van der Waals surface area (Å²) in [7, 11) is 1.94. The molecule has 0 aliphatic carbocycles. The number of likely N-dealkylation sites (tertiary alicyclic amines) is 1. The molecule has 58 heavy (non-hydrogen) atoms. The largest absolute Gasteiger partial charge is 0.508 e. The molecule has 3 amide bonds. The standard InChI is InChI=1S/C43H69N5O9S/c1-10-28(6)38(46-40(52)35-13-11-12-19-47(35)9)42(53)48(25-56-20-18-26(2)3)36(27(4)5)23-37(57-30(8)49)41-45-34(24-58-41)39(51)44-32(21-29(7)43(54)55)22-31-14-16-33(50)17-15-31/h14-17,24,26-29,32,35-38,43,50,54-55H,10-13,18-23,25H2,1-9H3,(H,44,51)(H,46,52)/t28?,29-,32+,35+,36+,37+,38-/m0/s1. The van der Waals surface area contributed by atoms with Gasteiger partial charge in [0.15, 0.2) is 12.4 Å². The van der Waals surface area contributed by atoms with E-state index < -0.39 is 48.3 Å². The van der Waals surface area contributed by atoms with Crippen molar-refractivity contribution >= 4 is 35.0 Å². The lowest BCUT2D eigenvalue weighted by Crippen LogP contribution is -2.59. The minimum atomic E-state index is -1.58. The first-order valence-electron chi connectivity index (χ1n) is 20.9. The molecular weight excluding hydrogens is 763 g/mol. The minimum Gasteiger partial charge on any atom is -0.508 e. The van der Waals surface area contributed by atoms with Crippen LogP contribution in [-0.2, 0) is 30.3 Å². The van der Waals surface area contributed by atoms with E-state index in [0.29, 0.717) is 30.4 Å². The van der Waals surface area contributed by atoms with E-state index in [2.05, 4.69) is 29.5 Å². The average molecular weight is 832 g/mol. The predicted octanol–water partition coefficient (Wildman–Crippen LogP) is 5.41. The van der Waals surface area contributed by atoms with Crippen molar-refractivity contribution in [3.05, 3.63) is 45.9 Å². The first kappa shape index (κ1) is 48.7. The number of benzene rings is 1. The molecule has 5 N–H and O–H groups in total. The van der Waals surface area contributed by atoms with Crippen LogP contribution in [-0.4, -0.2) is 111 Å². The molecule has 3 rings (SSSR count). The van der Waals surface area contributed by atoms with Crippen LogP contribution in [0.25, 0.3) is 0 Å². The molecule has 1 aromatic heterocycles. The molecule has 1 unspecified atom stereocenters. The monoisotopic (exact) mass is 831 g/mol. The molecule has 0 bridgehead atoms. The summed E-state index contributed by atoms with van der Waals surface area (Å²) < 4.78 is 12.0. The van der Waals surface area contributed by atoms with Gasteiger partial charge in [0.05, 0.1) is 6.04 Å². The highest BCUT2D eigenvalue weighted by atomic mass is 32.1. The summed E-state index contributed by atoms with van der Waals surface area (Å²) in [6.07, 6.45) is 2.44. The van der Waals surface area contributed by atoms with E-state index in [0.717, 1.165) is 49.1 Å². The smallest absolute Gasteiger partial charge is 0.303 e. The minimum absolute atomic E-state index is 0.0256. The van der Waals surface area contributed by atoms with Crippen LogP contribution in [0.4, 0.5) is 0 Å². The molecule has 7 atom stereocenters. The third kappa shape index (κ3) is 15.2. The number of nitrogens with one attached hydrogen (secondary N) is 2. The van der Waals surface area contributed by atoms with Crippen molar-refractivity contribution in [1.82, 2.24) is 25.4 Å². The Balaban J connectivity index is 1.93. The zero-order valence-corrected chi connectivity index (χ0v) is 36.8. The lowest BCUT2D eigenvalue weighted by atomic mass is 9.92. The number of amides is 3. The van der Waals surface area contributed by atoms with Crippen molar-refractivity contribution < 1.29 is 44.0 Å². The van der Waals surface area contributed by atoms with Gasteiger partial charge < -0.3 is 40.3 Å². The van der Waals surface area contributed by atoms with Gasteiger partial charge in [-0.1, -0.05) is 73.4 Å². The summed E-state index contributed by atoms with van der Waals surface area (Å²) in [5.41, 5.74) is 0.934. The summed E-state index contributed by atoms with van der Waals surface area (Å²) in [6, 6.07) is 4.43. The molecular formula is C43H69N5O9S. The van der Waals surface area contributed by atoms with Crippen molar-refractivity contribution in [2.45, 2.75) is 143 Å². The Morgan fingerprint density at radius 1 is 1.00 bits per heavy atom. The Labute approximate surface area is 349 Å². The van der Waals surface area contributed by atoms with E-state index in [9.17, 15) is 34.5 Å². The van der Waals surface area contributed by atoms with Crippen LogP contribution in [0.15, 0.2) is 29.6 Å². The summed E-state index contributed by atoms with van der Waals surface area (Å²) in [5, 5.41) is 37.4. The molecule has 0 radical (unpaired) electrons. The van der Waals surface area contributed by atoms with Crippen LogP contribution < -0.4 is 10.6 Å². The van der Waals surface area contributed by atoms with Gasteiger partial charge in [0.1, 0.15) is 29.2 Å². The molecule has 0 spiro atoms. The number of ether oxygens (including phenoxy) is 2. The van der Waals surface area contributed by atoms with Crippen molar-refractivity contribution in [3.8, 4) is 5.75 Å². The Hall–Kier alpha value is -3.63. The van der Waals surface area contributed by atoms with E-state index >= 15 is 0 Å². The van der Waals surface area contributed by atoms with Crippen LogP contribution in [0, 0.1) is 23.7 Å². The zero-order valence-electron chi connectivity index (χ0n) is 36.0. The van der Waals surface area contributed by atoms with Crippen LogP contribution in [0.2, 0.25) is 0 Å². The van der Waals surface area contributed by atoms with Gasteiger partial charge >= 0.3 is 5.97 Å². The number of esters is 1. The maximum atomic E-state index is 14.8. The van der Waals surface area contributed by atoms with Crippen molar-refractivity contribution in [1.29, 1.82) is 0 Å². The topological polar surface area (TPSA) is 191 Å². The normalized spacial score (nSPS) is 18.0. The third-order valence-corrected chi connectivity index (χ3v) is 12.0. The van der Waals surface area contributed by atoms with Crippen LogP contribution in [0.1, 0.15) is 127 Å². The van der Waals surface area contributed by atoms with Gasteiger partial charge in [-0.15, -0.1) is 11.3 Å². The van der Waals surface area contributed by atoms with Gasteiger partial charge in [-0.3, -0.25) is 24.1 Å². The number of aliphatic hydroxyl groups excluding tert-OH is 1. The number of phenolic OH excluding ortho intramolecular Hbond substituents is 1. The molecule has 1 saturated heterocycles. The van der Waals surface area contributed by atoms with Crippen molar-refractivity contribution in [2.75, 3.05) is 26.9 Å². The number of piperidine rings is 1. The molecule has 1 aliphatic rings. The molecule has 0 saturated carbocycles. The number of hydrogen-bond donors (Lipinski definition) is 5. The molecule has 1 aromatic carbocycles. The molecule has 1 fully saturated rings. The van der Waals surface area contributed by atoms with E-state index in [1.165, 1.54) is 6.92 Å². The second-order valence-electron chi connectivity index (χ2n) is 16.8. The van der Waals surface area contributed by atoms with E-state index in [1.807, 2.05) is 39.6 Å². The molecule has 15 heteroatoms. The molecule has 2 heterocycles. The number of likely N-dealkylation sites (N-methyl/N-ethyl adjacent to an activating group) is 1. The number of carbonyl (C=O) groups excluding carboxylic acids is 4. The Morgan fingerprint density at radius 3 is 2.28 bits per heavy atom. The molecule has 1 aliphatic heterocycles. The maximum absolute atomic E-state index is 14.8. The average Bonchev–Trinajstić information content (AvgIpc) is 3.66.